The van der Waals surface area contributed by atoms with Crippen LogP contribution in [0.2, 0.25) is 0 Å². The van der Waals surface area contributed by atoms with Gasteiger partial charge < -0.3 is 4.74 Å². The molecule has 3 nitrogen and oxygen atoms in total. The van der Waals surface area contributed by atoms with Crippen LogP contribution in [-0.4, -0.2) is 17.6 Å². The van der Waals surface area contributed by atoms with Gasteiger partial charge in [-0.05, 0) is 0 Å². The van der Waals surface area contributed by atoms with Gasteiger partial charge in [-0.25, -0.2) is 13.8 Å². The Balaban J connectivity index is 3.40. The van der Waals surface area contributed by atoms with Crippen molar-refractivity contribution in [1.82, 2.24) is 4.98 Å². The van der Waals surface area contributed by atoms with Crippen LogP contribution in [0.15, 0.2) is 6.20 Å². The summed E-state index contributed by atoms with van der Waals surface area (Å²) in [6.07, 6.45) is -8.75. The van der Waals surface area contributed by atoms with Crippen LogP contribution in [0.3, 0.4) is 0 Å². The Labute approximate surface area is 90.0 Å². The van der Waals surface area contributed by atoms with E-state index in [0.29, 0.717) is 6.20 Å². The van der Waals surface area contributed by atoms with Crippen LogP contribution in [-0.2, 0) is 0 Å². The monoisotopic (exact) mass is 259 g/mol. The topological polar surface area (TPSA) is 39.2 Å². The SMILES string of the molecule is O=Cc1cnc(F)c(C(F)F)c1OC(F)(F)F. The normalized spacial score (nSPS) is 11.7. The minimum absolute atomic E-state index is 0.195. The second-order valence-corrected chi connectivity index (χ2v) is 2.71. The Bertz CT molecular complexity index is 431. The van der Waals surface area contributed by atoms with Gasteiger partial charge in [-0.15, -0.1) is 13.2 Å². The molecule has 94 valence electrons. The van der Waals surface area contributed by atoms with Crippen molar-refractivity contribution in [3.05, 3.63) is 23.3 Å². The fraction of sp³-hybridized carbons (Fsp3) is 0.250. The first-order chi connectivity index (χ1) is 7.76. The molecule has 0 aliphatic heterocycles. The lowest BCUT2D eigenvalue weighted by atomic mass is 10.2. The summed E-state index contributed by atoms with van der Waals surface area (Å²) in [5.41, 5.74) is -2.62. The van der Waals surface area contributed by atoms with Gasteiger partial charge in [0.1, 0.15) is 5.56 Å². The lowest BCUT2D eigenvalue weighted by molar-refractivity contribution is -0.275. The van der Waals surface area contributed by atoms with E-state index in [1.165, 1.54) is 0 Å². The molecule has 0 amide bonds. The van der Waals surface area contributed by atoms with Crippen LogP contribution in [0.4, 0.5) is 26.3 Å². The molecule has 1 aromatic heterocycles. The van der Waals surface area contributed by atoms with E-state index in [-0.39, 0.29) is 6.29 Å². The Morgan fingerprint density at radius 3 is 2.35 bits per heavy atom. The van der Waals surface area contributed by atoms with E-state index in [2.05, 4.69) is 9.72 Å². The van der Waals surface area contributed by atoms with Gasteiger partial charge in [0.25, 0.3) is 6.43 Å². The van der Waals surface area contributed by atoms with Gasteiger partial charge >= 0.3 is 6.36 Å². The highest BCUT2D eigenvalue weighted by atomic mass is 19.4. The number of halogens is 6. The second-order valence-electron chi connectivity index (χ2n) is 2.71. The summed E-state index contributed by atoms with van der Waals surface area (Å²) in [4.78, 5) is 13.1. The van der Waals surface area contributed by atoms with Crippen molar-refractivity contribution in [2.45, 2.75) is 12.8 Å². The third-order valence-corrected chi connectivity index (χ3v) is 1.61. The first-order valence-corrected chi connectivity index (χ1v) is 3.93. The Morgan fingerprint density at radius 2 is 1.94 bits per heavy atom. The molecule has 1 heterocycles. The number of pyridine rings is 1. The summed E-state index contributed by atoms with van der Waals surface area (Å²) in [5, 5.41) is 0. The van der Waals surface area contributed by atoms with Gasteiger partial charge in [0.2, 0.25) is 5.95 Å². The van der Waals surface area contributed by atoms with E-state index in [9.17, 15) is 31.1 Å². The maximum Gasteiger partial charge on any atom is 0.573 e. The van der Waals surface area contributed by atoms with Gasteiger partial charge in [0.05, 0.1) is 5.56 Å². The number of carbonyl (C=O) groups is 1. The molecule has 0 atom stereocenters. The largest absolute Gasteiger partial charge is 0.573 e. The fourth-order valence-corrected chi connectivity index (χ4v) is 1.01. The summed E-state index contributed by atoms with van der Waals surface area (Å²) >= 11 is 0. The van der Waals surface area contributed by atoms with Crippen LogP contribution in [0.1, 0.15) is 22.3 Å². The van der Waals surface area contributed by atoms with Crippen LogP contribution < -0.4 is 4.74 Å². The molecule has 0 aliphatic carbocycles. The maximum absolute atomic E-state index is 12.8. The minimum atomic E-state index is -5.32. The lowest BCUT2D eigenvalue weighted by Crippen LogP contribution is -2.20. The molecule has 0 aromatic carbocycles. The van der Waals surface area contributed by atoms with Gasteiger partial charge in [0.15, 0.2) is 12.0 Å². The summed E-state index contributed by atoms with van der Waals surface area (Å²) in [6, 6.07) is 0. The van der Waals surface area contributed by atoms with E-state index in [4.69, 9.17) is 0 Å². The Kier molecular flexibility index (Phi) is 3.59. The van der Waals surface area contributed by atoms with Crippen LogP contribution in [0.25, 0.3) is 0 Å². The first-order valence-electron chi connectivity index (χ1n) is 3.93. The number of carbonyl (C=O) groups excluding carboxylic acids is 1. The third-order valence-electron chi connectivity index (χ3n) is 1.61. The molecule has 0 saturated carbocycles. The lowest BCUT2D eigenvalue weighted by Gasteiger charge is -2.14. The smallest absolute Gasteiger partial charge is 0.404 e. The van der Waals surface area contributed by atoms with Crippen molar-refractivity contribution in [3.8, 4) is 5.75 Å². The molecule has 0 spiro atoms. The Morgan fingerprint density at radius 1 is 1.35 bits per heavy atom. The first kappa shape index (κ1) is 13.3. The number of hydrogen-bond acceptors (Lipinski definition) is 3. The maximum atomic E-state index is 12.8. The van der Waals surface area contributed by atoms with Gasteiger partial charge in [-0.3, -0.25) is 4.79 Å². The molecule has 9 heteroatoms. The minimum Gasteiger partial charge on any atom is -0.404 e. The summed E-state index contributed by atoms with van der Waals surface area (Å²) < 4.78 is 76.4. The number of rotatable bonds is 3. The highest BCUT2D eigenvalue weighted by molar-refractivity contribution is 5.79. The summed E-state index contributed by atoms with van der Waals surface area (Å²) in [6.45, 7) is 0. The number of nitrogens with zero attached hydrogens (tertiary/aromatic N) is 1. The standard InChI is InChI=1S/C8H3F6NO2/c9-6(10)4-5(17-8(12,13)14)3(2-16)1-15-7(4)11/h1-2,6H. The van der Waals surface area contributed by atoms with E-state index in [1.807, 2.05) is 0 Å². The third kappa shape index (κ3) is 3.08. The van der Waals surface area contributed by atoms with Crippen LogP contribution in [0, 0.1) is 5.95 Å². The van der Waals surface area contributed by atoms with Gasteiger partial charge in [-0.2, -0.15) is 4.39 Å². The highest BCUT2D eigenvalue weighted by Gasteiger charge is 2.36. The summed E-state index contributed by atoms with van der Waals surface area (Å²) in [5.74, 6) is -3.40. The number of aromatic nitrogens is 1. The van der Waals surface area contributed by atoms with E-state index in [1.54, 1.807) is 0 Å². The van der Waals surface area contributed by atoms with Crippen molar-refractivity contribution in [2.75, 3.05) is 0 Å². The molecule has 0 bridgehead atoms. The molecule has 0 N–H and O–H groups in total. The van der Waals surface area contributed by atoms with Gasteiger partial charge in [0, 0.05) is 6.20 Å². The second kappa shape index (κ2) is 4.60. The zero-order valence-corrected chi connectivity index (χ0v) is 7.76. The molecule has 0 saturated heterocycles. The average Bonchev–Trinajstić information content (AvgIpc) is 2.15. The van der Waals surface area contributed by atoms with E-state index >= 15 is 0 Å². The molecule has 1 aromatic rings. The quantitative estimate of drug-likeness (QED) is 0.476. The molecular weight excluding hydrogens is 256 g/mol. The molecule has 17 heavy (non-hydrogen) atoms. The molecule has 0 aliphatic rings. The molecular formula is C8H3F6NO2. The zero-order valence-electron chi connectivity index (χ0n) is 7.76. The molecule has 0 radical (unpaired) electrons. The highest BCUT2D eigenvalue weighted by Crippen LogP contribution is 2.36. The van der Waals surface area contributed by atoms with Crippen molar-refractivity contribution in [3.63, 3.8) is 0 Å². The number of hydrogen-bond donors (Lipinski definition) is 0. The summed E-state index contributed by atoms with van der Waals surface area (Å²) in [7, 11) is 0. The van der Waals surface area contributed by atoms with Crippen molar-refractivity contribution in [1.29, 1.82) is 0 Å². The number of ether oxygens (including phenoxy) is 1. The number of aldehydes is 1. The average molecular weight is 259 g/mol. The van der Waals surface area contributed by atoms with Crippen LogP contribution in [0.5, 0.6) is 5.75 Å². The van der Waals surface area contributed by atoms with E-state index < -0.39 is 35.6 Å². The zero-order chi connectivity index (χ0) is 13.2. The molecule has 0 unspecified atom stereocenters. The number of alkyl halides is 5. The predicted molar refractivity (Wildman–Crippen MR) is 41.2 cm³/mol. The van der Waals surface area contributed by atoms with Crippen molar-refractivity contribution < 1.29 is 35.9 Å². The molecule has 1 rings (SSSR count). The van der Waals surface area contributed by atoms with Crippen molar-refractivity contribution >= 4 is 6.29 Å². The Hall–Kier alpha value is -1.80. The predicted octanol–water partition coefficient (Wildman–Crippen LogP) is 2.87. The van der Waals surface area contributed by atoms with E-state index in [0.717, 1.165) is 0 Å². The van der Waals surface area contributed by atoms with Gasteiger partial charge in [-0.1, -0.05) is 0 Å². The van der Waals surface area contributed by atoms with Crippen LogP contribution >= 0.6 is 0 Å². The fourth-order valence-electron chi connectivity index (χ4n) is 1.01. The van der Waals surface area contributed by atoms with Crippen molar-refractivity contribution in [2.24, 2.45) is 0 Å². The molecule has 0 fully saturated rings.